The third-order valence-corrected chi connectivity index (χ3v) is 3.98. The summed E-state index contributed by atoms with van der Waals surface area (Å²) in [7, 11) is 0. The van der Waals surface area contributed by atoms with Crippen molar-refractivity contribution in [1.82, 2.24) is 0 Å². The van der Waals surface area contributed by atoms with E-state index >= 15 is 0 Å². The molecule has 1 atom stereocenters. The molecule has 1 unspecified atom stereocenters. The molecule has 1 heterocycles. The molecular weight excluding hydrogens is 262 g/mol. The van der Waals surface area contributed by atoms with Gasteiger partial charge in [-0.25, -0.2) is 0 Å². The van der Waals surface area contributed by atoms with Crippen molar-refractivity contribution in [2.24, 2.45) is 5.73 Å². The molecule has 0 spiro atoms. The fourth-order valence-electron chi connectivity index (χ4n) is 2.83. The van der Waals surface area contributed by atoms with E-state index in [0.29, 0.717) is 6.42 Å². The van der Waals surface area contributed by atoms with E-state index in [1.807, 2.05) is 12.1 Å². The normalized spacial score (nSPS) is 16.6. The standard InChI is InChI=1S/C17H27N3O/c1-2-6-14(18)13-17(21)19-15-7-9-16(10-8-15)20-11-4-3-5-12-20/h7-10,14H,2-6,11-13,18H2,1H3,(H,19,21). The van der Waals surface area contributed by atoms with Gasteiger partial charge in [0, 0.05) is 36.9 Å². The van der Waals surface area contributed by atoms with Crippen LogP contribution in [0.15, 0.2) is 24.3 Å². The van der Waals surface area contributed by atoms with Crippen molar-refractivity contribution in [3.8, 4) is 0 Å². The maximum Gasteiger partial charge on any atom is 0.225 e. The molecule has 116 valence electrons. The Morgan fingerprint density at radius 2 is 1.90 bits per heavy atom. The van der Waals surface area contributed by atoms with Crippen LogP contribution >= 0.6 is 0 Å². The Hall–Kier alpha value is -1.55. The number of carbonyl (C=O) groups excluding carboxylic acids is 1. The van der Waals surface area contributed by atoms with Crippen LogP contribution in [-0.2, 0) is 4.79 Å². The van der Waals surface area contributed by atoms with E-state index in [-0.39, 0.29) is 11.9 Å². The second-order valence-corrected chi connectivity index (χ2v) is 5.90. The molecule has 1 fully saturated rings. The number of nitrogens with one attached hydrogen (secondary N) is 1. The summed E-state index contributed by atoms with van der Waals surface area (Å²) in [5, 5.41) is 2.92. The second-order valence-electron chi connectivity index (χ2n) is 5.90. The predicted octanol–water partition coefficient (Wildman–Crippen LogP) is 3.13. The Morgan fingerprint density at radius 1 is 1.24 bits per heavy atom. The Bertz CT molecular complexity index is 438. The van der Waals surface area contributed by atoms with Crippen molar-refractivity contribution in [2.75, 3.05) is 23.3 Å². The number of hydrogen-bond donors (Lipinski definition) is 2. The van der Waals surface area contributed by atoms with Crippen molar-refractivity contribution < 1.29 is 4.79 Å². The van der Waals surface area contributed by atoms with Crippen molar-refractivity contribution in [1.29, 1.82) is 0 Å². The Balaban J connectivity index is 1.85. The van der Waals surface area contributed by atoms with Gasteiger partial charge in [0.2, 0.25) is 5.91 Å². The van der Waals surface area contributed by atoms with Gasteiger partial charge >= 0.3 is 0 Å². The molecule has 4 nitrogen and oxygen atoms in total. The molecule has 1 aliphatic rings. The van der Waals surface area contributed by atoms with Gasteiger partial charge in [-0.15, -0.1) is 0 Å². The Kier molecular flexibility index (Phi) is 6.05. The topological polar surface area (TPSA) is 58.4 Å². The summed E-state index contributed by atoms with van der Waals surface area (Å²) < 4.78 is 0. The largest absolute Gasteiger partial charge is 0.372 e. The van der Waals surface area contributed by atoms with Crippen LogP contribution in [0.25, 0.3) is 0 Å². The number of benzene rings is 1. The van der Waals surface area contributed by atoms with Gasteiger partial charge < -0.3 is 16.0 Å². The Morgan fingerprint density at radius 3 is 2.52 bits per heavy atom. The molecule has 0 bridgehead atoms. The summed E-state index contributed by atoms with van der Waals surface area (Å²) >= 11 is 0. The first-order valence-electron chi connectivity index (χ1n) is 8.09. The van der Waals surface area contributed by atoms with Crippen molar-refractivity contribution in [3.05, 3.63) is 24.3 Å². The lowest BCUT2D eigenvalue weighted by Crippen LogP contribution is -2.29. The number of carbonyl (C=O) groups is 1. The van der Waals surface area contributed by atoms with Crippen LogP contribution in [0.3, 0.4) is 0 Å². The summed E-state index contributed by atoms with van der Waals surface area (Å²) in [6, 6.07) is 8.10. The number of hydrogen-bond acceptors (Lipinski definition) is 3. The number of anilines is 2. The fourth-order valence-corrected chi connectivity index (χ4v) is 2.83. The number of rotatable bonds is 6. The van der Waals surface area contributed by atoms with Gasteiger partial charge in [0.1, 0.15) is 0 Å². The average molecular weight is 289 g/mol. The van der Waals surface area contributed by atoms with Crippen LogP contribution in [0.1, 0.15) is 45.4 Å². The lowest BCUT2D eigenvalue weighted by atomic mass is 10.1. The van der Waals surface area contributed by atoms with E-state index in [9.17, 15) is 4.79 Å². The van der Waals surface area contributed by atoms with E-state index in [4.69, 9.17) is 5.73 Å². The summed E-state index contributed by atoms with van der Waals surface area (Å²) in [5.74, 6) is 0.00155. The summed E-state index contributed by atoms with van der Waals surface area (Å²) in [6.45, 7) is 4.35. The van der Waals surface area contributed by atoms with Crippen LogP contribution in [0, 0.1) is 0 Å². The highest BCUT2D eigenvalue weighted by atomic mass is 16.1. The minimum absolute atomic E-state index is 0.00155. The third kappa shape index (κ3) is 5.05. The molecular formula is C17H27N3O. The summed E-state index contributed by atoms with van der Waals surface area (Å²) in [6.07, 6.45) is 6.17. The molecule has 4 heteroatoms. The third-order valence-electron chi connectivity index (χ3n) is 3.98. The summed E-state index contributed by atoms with van der Waals surface area (Å²) in [4.78, 5) is 14.3. The number of nitrogens with two attached hydrogens (primary N) is 1. The number of nitrogens with zero attached hydrogens (tertiary/aromatic N) is 1. The van der Waals surface area contributed by atoms with Gasteiger partial charge in [-0.05, 0) is 49.9 Å². The zero-order valence-electron chi connectivity index (χ0n) is 13.0. The van der Waals surface area contributed by atoms with Crippen LogP contribution in [0.5, 0.6) is 0 Å². The molecule has 1 amide bonds. The maximum absolute atomic E-state index is 11.9. The van der Waals surface area contributed by atoms with Gasteiger partial charge in [-0.2, -0.15) is 0 Å². The zero-order chi connectivity index (χ0) is 15.1. The van der Waals surface area contributed by atoms with E-state index in [2.05, 4.69) is 29.3 Å². The zero-order valence-corrected chi connectivity index (χ0v) is 13.0. The molecule has 21 heavy (non-hydrogen) atoms. The molecule has 0 radical (unpaired) electrons. The fraction of sp³-hybridized carbons (Fsp3) is 0.588. The average Bonchev–Trinajstić information content (AvgIpc) is 2.49. The van der Waals surface area contributed by atoms with Gasteiger partial charge in [0.15, 0.2) is 0 Å². The van der Waals surface area contributed by atoms with Gasteiger partial charge in [0.25, 0.3) is 0 Å². The number of piperidine rings is 1. The molecule has 1 aliphatic heterocycles. The van der Waals surface area contributed by atoms with Crippen LogP contribution in [0.2, 0.25) is 0 Å². The van der Waals surface area contributed by atoms with Gasteiger partial charge in [-0.1, -0.05) is 13.3 Å². The highest BCUT2D eigenvalue weighted by Gasteiger charge is 2.12. The van der Waals surface area contributed by atoms with E-state index in [1.54, 1.807) is 0 Å². The highest BCUT2D eigenvalue weighted by Crippen LogP contribution is 2.21. The molecule has 1 aromatic rings. The van der Waals surface area contributed by atoms with Crippen molar-refractivity contribution in [2.45, 2.75) is 51.5 Å². The monoisotopic (exact) mass is 289 g/mol. The predicted molar refractivity (Wildman–Crippen MR) is 88.6 cm³/mol. The summed E-state index contributed by atoms with van der Waals surface area (Å²) in [5.41, 5.74) is 7.99. The van der Waals surface area contributed by atoms with E-state index < -0.39 is 0 Å². The molecule has 1 aromatic carbocycles. The maximum atomic E-state index is 11.9. The first-order chi connectivity index (χ1) is 10.2. The SMILES string of the molecule is CCCC(N)CC(=O)Nc1ccc(N2CCCCC2)cc1. The number of amides is 1. The second kappa shape index (κ2) is 8.03. The molecule has 0 aromatic heterocycles. The smallest absolute Gasteiger partial charge is 0.225 e. The molecule has 3 N–H and O–H groups in total. The van der Waals surface area contributed by atoms with E-state index in [0.717, 1.165) is 31.6 Å². The van der Waals surface area contributed by atoms with Crippen LogP contribution in [0.4, 0.5) is 11.4 Å². The first-order valence-corrected chi connectivity index (χ1v) is 8.09. The molecule has 0 saturated carbocycles. The van der Waals surface area contributed by atoms with Gasteiger partial charge in [0.05, 0.1) is 0 Å². The lowest BCUT2D eigenvalue weighted by molar-refractivity contribution is -0.116. The lowest BCUT2D eigenvalue weighted by Gasteiger charge is -2.28. The molecule has 0 aliphatic carbocycles. The van der Waals surface area contributed by atoms with Crippen LogP contribution in [-0.4, -0.2) is 25.0 Å². The van der Waals surface area contributed by atoms with Gasteiger partial charge in [-0.3, -0.25) is 4.79 Å². The Labute approximate surface area is 127 Å². The minimum atomic E-state index is -0.0392. The van der Waals surface area contributed by atoms with E-state index in [1.165, 1.54) is 24.9 Å². The van der Waals surface area contributed by atoms with Crippen molar-refractivity contribution in [3.63, 3.8) is 0 Å². The molecule has 1 saturated heterocycles. The first kappa shape index (κ1) is 15.8. The minimum Gasteiger partial charge on any atom is -0.372 e. The van der Waals surface area contributed by atoms with Crippen molar-refractivity contribution >= 4 is 17.3 Å². The highest BCUT2D eigenvalue weighted by molar-refractivity contribution is 5.91. The van der Waals surface area contributed by atoms with Crippen LogP contribution < -0.4 is 16.0 Å². The molecule has 2 rings (SSSR count). The quantitative estimate of drug-likeness (QED) is 0.846.